The van der Waals surface area contributed by atoms with Gasteiger partial charge in [-0.05, 0) is 25.8 Å². The zero-order valence-electron chi connectivity index (χ0n) is 13.1. The summed E-state index contributed by atoms with van der Waals surface area (Å²) in [4.78, 5) is 12.3. The molecule has 0 unspecified atom stereocenters. The van der Waals surface area contributed by atoms with Gasteiger partial charge in [0.25, 0.3) is 0 Å². The van der Waals surface area contributed by atoms with Crippen molar-refractivity contribution in [3.8, 4) is 0 Å². The van der Waals surface area contributed by atoms with E-state index in [1.165, 1.54) is 6.92 Å². The van der Waals surface area contributed by atoms with E-state index in [-0.39, 0.29) is 6.42 Å². The average molecular weight is 356 g/mol. The van der Waals surface area contributed by atoms with E-state index in [9.17, 15) is 31.1 Å². The second kappa shape index (κ2) is 7.42. The lowest BCUT2D eigenvalue weighted by Crippen LogP contribution is -2.58. The number of rotatable bonds is 4. The fourth-order valence-corrected chi connectivity index (χ4v) is 2.60. The minimum atomic E-state index is -4.67. The van der Waals surface area contributed by atoms with E-state index in [1.54, 1.807) is 0 Å². The third kappa shape index (κ3) is 4.86. The van der Waals surface area contributed by atoms with Crippen molar-refractivity contribution in [3.63, 3.8) is 0 Å². The molecule has 3 nitrogen and oxygen atoms in total. The number of piperidine rings is 1. The fraction of sp³-hybridized carbons (Fsp3) is 0.533. The first-order chi connectivity index (χ1) is 10.8. The van der Waals surface area contributed by atoms with Crippen LogP contribution in [0.25, 0.3) is 0 Å². The summed E-state index contributed by atoms with van der Waals surface area (Å²) < 4.78 is 78.1. The molecule has 1 heterocycles. The van der Waals surface area contributed by atoms with Gasteiger partial charge in [-0.1, -0.05) is 6.58 Å². The Bertz CT molecular complexity index is 577. The number of nitrogens with two attached hydrogens (primary N) is 1. The van der Waals surface area contributed by atoms with Crippen molar-refractivity contribution in [3.05, 3.63) is 35.7 Å². The van der Waals surface area contributed by atoms with Crippen molar-refractivity contribution in [1.82, 2.24) is 4.90 Å². The lowest BCUT2D eigenvalue weighted by Gasteiger charge is -2.42. The fourth-order valence-electron chi connectivity index (χ4n) is 2.60. The Morgan fingerprint density at radius 3 is 2.38 bits per heavy atom. The highest BCUT2D eigenvalue weighted by molar-refractivity contribution is 5.83. The standard InChI is InChI=1S/C15H18F6N2O/c1-7(16)4-11(17)13(18)8(2)10-5-12(22)14(24)23(9(10)3)6-15(19,20)21/h4,9-10,12H,2,5-6,22H2,1,3H3/b7-4+,13-11-/t9-,10+,12+/m1/s1. The van der Waals surface area contributed by atoms with Gasteiger partial charge in [0.05, 0.1) is 11.9 Å². The number of amides is 1. The Kier molecular flexibility index (Phi) is 6.26. The van der Waals surface area contributed by atoms with E-state index in [4.69, 9.17) is 5.73 Å². The number of likely N-dealkylation sites (tertiary alicyclic amines) is 1. The number of allylic oxidation sites excluding steroid dienone is 4. The van der Waals surface area contributed by atoms with Crippen molar-refractivity contribution in [2.75, 3.05) is 6.54 Å². The van der Waals surface area contributed by atoms with Crippen LogP contribution < -0.4 is 5.73 Å². The number of carbonyl (C=O) groups excluding carboxylic acids is 1. The van der Waals surface area contributed by atoms with E-state index in [1.807, 2.05) is 0 Å². The summed E-state index contributed by atoms with van der Waals surface area (Å²) in [6, 6.07) is -2.39. The van der Waals surface area contributed by atoms with E-state index in [0.29, 0.717) is 11.0 Å². The first-order valence-corrected chi connectivity index (χ1v) is 7.06. The van der Waals surface area contributed by atoms with Crippen LogP contribution in [0, 0.1) is 5.92 Å². The van der Waals surface area contributed by atoms with Crippen LogP contribution in [0.15, 0.2) is 35.7 Å². The lowest BCUT2D eigenvalue weighted by molar-refractivity contribution is -0.171. The maximum Gasteiger partial charge on any atom is 0.406 e. The van der Waals surface area contributed by atoms with Gasteiger partial charge in [-0.3, -0.25) is 4.79 Å². The van der Waals surface area contributed by atoms with E-state index in [2.05, 4.69) is 6.58 Å². The van der Waals surface area contributed by atoms with E-state index >= 15 is 0 Å². The summed E-state index contributed by atoms with van der Waals surface area (Å²) in [5.41, 5.74) is 5.07. The van der Waals surface area contributed by atoms with Gasteiger partial charge in [-0.2, -0.15) is 13.2 Å². The van der Waals surface area contributed by atoms with E-state index < -0.39 is 59.7 Å². The molecular weight excluding hydrogens is 338 g/mol. The molecule has 2 N–H and O–H groups in total. The van der Waals surface area contributed by atoms with Crippen LogP contribution >= 0.6 is 0 Å². The van der Waals surface area contributed by atoms with Crippen molar-refractivity contribution < 1.29 is 31.1 Å². The third-order valence-corrected chi connectivity index (χ3v) is 3.80. The number of hydrogen-bond donors (Lipinski definition) is 1. The summed E-state index contributed by atoms with van der Waals surface area (Å²) in [5.74, 6) is -5.94. The Balaban J connectivity index is 3.13. The summed E-state index contributed by atoms with van der Waals surface area (Å²) in [5, 5.41) is 0. The molecule has 0 spiro atoms. The van der Waals surface area contributed by atoms with Crippen LogP contribution in [0.2, 0.25) is 0 Å². The maximum atomic E-state index is 14.0. The largest absolute Gasteiger partial charge is 0.406 e. The highest BCUT2D eigenvalue weighted by Crippen LogP contribution is 2.36. The molecule has 0 radical (unpaired) electrons. The molecule has 24 heavy (non-hydrogen) atoms. The maximum absolute atomic E-state index is 14.0. The van der Waals surface area contributed by atoms with Crippen LogP contribution in [-0.4, -0.2) is 35.6 Å². The monoisotopic (exact) mass is 356 g/mol. The van der Waals surface area contributed by atoms with Crippen molar-refractivity contribution in [2.45, 2.75) is 38.5 Å². The minimum Gasteiger partial charge on any atom is -0.329 e. The second-order valence-corrected chi connectivity index (χ2v) is 5.69. The number of hydrogen-bond acceptors (Lipinski definition) is 2. The number of halogens is 6. The van der Waals surface area contributed by atoms with Gasteiger partial charge in [0.1, 0.15) is 6.54 Å². The van der Waals surface area contributed by atoms with Crippen LogP contribution in [0.3, 0.4) is 0 Å². The van der Waals surface area contributed by atoms with Gasteiger partial charge in [0, 0.05) is 18.0 Å². The number of carbonyl (C=O) groups is 1. The first-order valence-electron chi connectivity index (χ1n) is 7.06. The van der Waals surface area contributed by atoms with Crippen LogP contribution in [0.4, 0.5) is 26.3 Å². The molecule has 9 heteroatoms. The third-order valence-electron chi connectivity index (χ3n) is 3.80. The Labute approximate surface area is 135 Å². The SMILES string of the molecule is C=C(/C(F)=C(F)\C=C(/C)F)[C@@H]1C[C@H](N)C(=O)N(CC(F)(F)F)[C@@H]1C. The summed E-state index contributed by atoms with van der Waals surface area (Å²) in [6.45, 7) is 3.97. The molecule has 3 atom stereocenters. The Morgan fingerprint density at radius 2 is 1.92 bits per heavy atom. The smallest absolute Gasteiger partial charge is 0.329 e. The molecule has 1 rings (SSSR count). The van der Waals surface area contributed by atoms with Gasteiger partial charge in [-0.15, -0.1) is 0 Å². The summed E-state index contributed by atoms with van der Waals surface area (Å²) >= 11 is 0. The molecular formula is C15H18F6N2O. The predicted octanol–water partition coefficient (Wildman–Crippen LogP) is 3.69. The van der Waals surface area contributed by atoms with Gasteiger partial charge >= 0.3 is 6.18 Å². The Morgan fingerprint density at radius 1 is 1.38 bits per heavy atom. The molecule has 0 bridgehead atoms. The molecule has 0 aromatic heterocycles. The van der Waals surface area contributed by atoms with E-state index in [0.717, 1.165) is 6.92 Å². The van der Waals surface area contributed by atoms with Gasteiger partial charge in [-0.25, -0.2) is 13.2 Å². The lowest BCUT2D eigenvalue weighted by atomic mass is 9.81. The molecule has 0 aromatic rings. The van der Waals surface area contributed by atoms with Gasteiger partial charge in [0.15, 0.2) is 11.7 Å². The normalized spacial score (nSPS) is 27.2. The quantitative estimate of drug-likeness (QED) is 0.617. The first kappa shape index (κ1) is 20.3. The molecule has 1 aliphatic heterocycles. The Hall–Kier alpha value is -1.77. The average Bonchev–Trinajstić information content (AvgIpc) is 2.44. The molecule has 1 amide bonds. The van der Waals surface area contributed by atoms with Gasteiger partial charge in [0.2, 0.25) is 5.91 Å². The summed E-state index contributed by atoms with van der Waals surface area (Å²) in [7, 11) is 0. The van der Waals surface area contributed by atoms with Crippen molar-refractivity contribution in [2.24, 2.45) is 11.7 Å². The zero-order chi connectivity index (χ0) is 18.8. The van der Waals surface area contributed by atoms with Crippen molar-refractivity contribution in [1.29, 1.82) is 0 Å². The van der Waals surface area contributed by atoms with Crippen LogP contribution in [0.1, 0.15) is 20.3 Å². The molecule has 0 saturated carbocycles. The molecule has 136 valence electrons. The molecule has 0 aliphatic carbocycles. The summed E-state index contributed by atoms with van der Waals surface area (Å²) in [6.07, 6.45) is -4.56. The molecule has 0 aromatic carbocycles. The van der Waals surface area contributed by atoms with Gasteiger partial charge < -0.3 is 10.6 Å². The second-order valence-electron chi connectivity index (χ2n) is 5.69. The number of alkyl halides is 3. The highest BCUT2D eigenvalue weighted by Gasteiger charge is 2.44. The topological polar surface area (TPSA) is 46.3 Å². The molecule has 1 fully saturated rings. The minimum absolute atomic E-state index is 0.188. The zero-order valence-corrected chi connectivity index (χ0v) is 13.1. The molecule has 1 saturated heterocycles. The van der Waals surface area contributed by atoms with Crippen LogP contribution in [-0.2, 0) is 4.79 Å². The highest BCUT2D eigenvalue weighted by atomic mass is 19.4. The van der Waals surface area contributed by atoms with Crippen molar-refractivity contribution >= 4 is 5.91 Å². The molecule has 1 aliphatic rings. The predicted molar refractivity (Wildman–Crippen MR) is 76.6 cm³/mol. The number of nitrogens with zero attached hydrogens (tertiary/aromatic N) is 1. The van der Waals surface area contributed by atoms with Crippen LogP contribution in [0.5, 0.6) is 0 Å².